The molecule has 1 aliphatic rings. The van der Waals surface area contributed by atoms with E-state index in [9.17, 15) is 5.11 Å². The van der Waals surface area contributed by atoms with E-state index in [1.807, 2.05) is 32.1 Å². The van der Waals surface area contributed by atoms with Crippen molar-refractivity contribution in [3.05, 3.63) is 77.9 Å². The summed E-state index contributed by atoms with van der Waals surface area (Å²) in [6.07, 6.45) is 7.39. The van der Waals surface area contributed by atoms with Gasteiger partial charge in [-0.2, -0.15) is 0 Å². The molecule has 0 radical (unpaired) electrons. The average molecular weight is 306 g/mol. The molecule has 2 aromatic carbocycles. The Hall–Kier alpha value is -2.12. The lowest BCUT2D eigenvalue weighted by molar-refractivity contribution is 0.235. The summed E-state index contributed by atoms with van der Waals surface area (Å²) in [5.41, 5.74) is 5.91. The molecule has 0 aromatic heterocycles. The molecule has 0 aliphatic heterocycles. The summed E-state index contributed by atoms with van der Waals surface area (Å²) >= 11 is 0. The molecule has 3 rings (SSSR count). The molecule has 1 N–H and O–H groups in total. The van der Waals surface area contributed by atoms with Crippen molar-refractivity contribution in [1.29, 1.82) is 0 Å². The molecule has 0 heterocycles. The molecular formula is C22H26O. The van der Waals surface area contributed by atoms with Crippen LogP contribution in [0.2, 0.25) is 0 Å². The Labute approximate surface area is 140 Å². The first-order chi connectivity index (χ1) is 11.3. The van der Waals surface area contributed by atoms with E-state index in [0.717, 1.165) is 17.6 Å². The van der Waals surface area contributed by atoms with Gasteiger partial charge in [-0.1, -0.05) is 87.5 Å². The summed E-state index contributed by atoms with van der Waals surface area (Å²) in [6, 6.07) is 17.2. The molecule has 23 heavy (non-hydrogen) atoms. The predicted molar refractivity (Wildman–Crippen MR) is 100 cm³/mol. The van der Waals surface area contributed by atoms with Crippen LogP contribution in [0, 0.1) is 0 Å². The molecule has 1 heteroatoms. The van der Waals surface area contributed by atoms with Gasteiger partial charge in [-0.3, -0.25) is 0 Å². The van der Waals surface area contributed by atoms with Crippen LogP contribution in [0.4, 0.5) is 0 Å². The molecule has 1 unspecified atom stereocenters. The van der Waals surface area contributed by atoms with Crippen molar-refractivity contribution in [2.24, 2.45) is 0 Å². The van der Waals surface area contributed by atoms with Crippen molar-refractivity contribution in [3.63, 3.8) is 0 Å². The fraction of sp³-hybridized carbons (Fsp3) is 0.273. The summed E-state index contributed by atoms with van der Waals surface area (Å²) in [7, 11) is 0. The summed E-state index contributed by atoms with van der Waals surface area (Å²) in [6.45, 7) is 6.17. The minimum Gasteiger partial charge on any atom is -0.388 e. The first kappa shape index (κ1) is 17.2. The fourth-order valence-corrected chi connectivity index (χ4v) is 2.69. The van der Waals surface area contributed by atoms with Crippen molar-refractivity contribution >= 4 is 5.57 Å². The largest absolute Gasteiger partial charge is 0.388 e. The minimum absolute atomic E-state index is 0.385. The molecule has 0 fully saturated rings. The number of aryl methyl sites for hydroxylation is 1. The van der Waals surface area contributed by atoms with Gasteiger partial charge < -0.3 is 5.11 Å². The number of hydrogen-bond donors (Lipinski definition) is 1. The van der Waals surface area contributed by atoms with Gasteiger partial charge in [-0.15, -0.1) is 0 Å². The number of hydrogen-bond acceptors (Lipinski definition) is 1. The summed E-state index contributed by atoms with van der Waals surface area (Å²) in [5, 5.41) is 10.0. The van der Waals surface area contributed by atoms with Crippen molar-refractivity contribution in [2.75, 3.05) is 0 Å². The monoisotopic (exact) mass is 306 g/mol. The zero-order valence-electron chi connectivity index (χ0n) is 14.3. The lowest BCUT2D eigenvalue weighted by Gasteiger charge is -2.16. The highest BCUT2D eigenvalue weighted by atomic mass is 16.3. The van der Waals surface area contributed by atoms with Gasteiger partial charge in [0.2, 0.25) is 0 Å². The normalized spacial score (nSPS) is 16.3. The highest BCUT2D eigenvalue weighted by Crippen LogP contribution is 2.27. The van der Waals surface area contributed by atoms with E-state index in [4.69, 9.17) is 0 Å². The third kappa shape index (κ3) is 4.20. The molecule has 1 aliphatic carbocycles. The van der Waals surface area contributed by atoms with Crippen LogP contribution in [-0.4, -0.2) is 11.2 Å². The number of aliphatic hydroxyl groups excluding tert-OH is 1. The molecule has 1 nitrogen and oxygen atoms in total. The number of aliphatic hydroxyl groups is 1. The van der Waals surface area contributed by atoms with Gasteiger partial charge in [-0.25, -0.2) is 0 Å². The van der Waals surface area contributed by atoms with E-state index in [0.29, 0.717) is 6.42 Å². The Kier molecular flexibility index (Phi) is 6.37. The molecule has 120 valence electrons. The second-order valence-corrected chi connectivity index (χ2v) is 5.43. The van der Waals surface area contributed by atoms with Gasteiger partial charge >= 0.3 is 0 Å². The quantitative estimate of drug-likeness (QED) is 0.777. The Bertz CT molecular complexity index is 660. The summed E-state index contributed by atoms with van der Waals surface area (Å²) < 4.78 is 0. The van der Waals surface area contributed by atoms with Crippen LogP contribution in [-0.2, 0) is 6.42 Å². The summed E-state index contributed by atoms with van der Waals surface area (Å²) in [5.74, 6) is 0. The standard InChI is InChI=1S/C20H20O.C2H6/c1-2-15-7-9-16(10-8-15)17-11-13-18(14-12-17)19-5-3-4-6-20(19)21;1-2/h3-5,7-14,20-21H,2,6H2,1H3;1-2H3. The van der Waals surface area contributed by atoms with Crippen molar-refractivity contribution < 1.29 is 5.11 Å². The summed E-state index contributed by atoms with van der Waals surface area (Å²) in [4.78, 5) is 0. The maximum absolute atomic E-state index is 10.0. The Morgan fingerprint density at radius 3 is 1.91 bits per heavy atom. The molecule has 1 atom stereocenters. The van der Waals surface area contributed by atoms with Crippen LogP contribution >= 0.6 is 0 Å². The van der Waals surface area contributed by atoms with E-state index >= 15 is 0 Å². The Balaban J connectivity index is 0.000000924. The van der Waals surface area contributed by atoms with Gasteiger partial charge in [0.15, 0.2) is 0 Å². The second kappa shape index (κ2) is 8.50. The second-order valence-electron chi connectivity index (χ2n) is 5.43. The SMILES string of the molecule is CC.CCc1ccc(-c2ccc(C3=CC=CCC3O)cc2)cc1. The van der Waals surface area contributed by atoms with E-state index in [-0.39, 0.29) is 6.10 Å². The van der Waals surface area contributed by atoms with Gasteiger partial charge in [0.25, 0.3) is 0 Å². The third-order valence-electron chi connectivity index (χ3n) is 4.04. The van der Waals surface area contributed by atoms with Crippen LogP contribution in [0.15, 0.2) is 66.8 Å². The first-order valence-electron chi connectivity index (χ1n) is 8.52. The Morgan fingerprint density at radius 2 is 1.39 bits per heavy atom. The minimum atomic E-state index is -0.385. The van der Waals surface area contributed by atoms with Crippen molar-refractivity contribution in [3.8, 4) is 11.1 Å². The highest BCUT2D eigenvalue weighted by Gasteiger charge is 2.13. The van der Waals surface area contributed by atoms with Crippen LogP contribution < -0.4 is 0 Å². The van der Waals surface area contributed by atoms with Crippen LogP contribution in [0.3, 0.4) is 0 Å². The highest BCUT2D eigenvalue weighted by molar-refractivity contribution is 5.74. The van der Waals surface area contributed by atoms with E-state index in [1.165, 1.54) is 16.7 Å². The zero-order valence-corrected chi connectivity index (χ0v) is 14.3. The fourth-order valence-electron chi connectivity index (χ4n) is 2.69. The van der Waals surface area contributed by atoms with Gasteiger partial charge in [0, 0.05) is 0 Å². The lowest BCUT2D eigenvalue weighted by atomic mass is 9.93. The van der Waals surface area contributed by atoms with Gasteiger partial charge in [-0.05, 0) is 40.7 Å². The van der Waals surface area contributed by atoms with Crippen LogP contribution in [0.25, 0.3) is 16.7 Å². The van der Waals surface area contributed by atoms with E-state index in [2.05, 4.69) is 55.5 Å². The predicted octanol–water partition coefficient (Wildman–Crippen LogP) is 5.65. The lowest BCUT2D eigenvalue weighted by Crippen LogP contribution is -2.10. The molecular weight excluding hydrogens is 280 g/mol. The van der Waals surface area contributed by atoms with E-state index in [1.54, 1.807) is 0 Å². The number of benzene rings is 2. The first-order valence-corrected chi connectivity index (χ1v) is 8.52. The Morgan fingerprint density at radius 1 is 0.870 bits per heavy atom. The molecule has 0 amide bonds. The van der Waals surface area contributed by atoms with Gasteiger partial charge in [0.1, 0.15) is 0 Å². The van der Waals surface area contributed by atoms with E-state index < -0.39 is 0 Å². The molecule has 2 aromatic rings. The van der Waals surface area contributed by atoms with Crippen molar-refractivity contribution in [2.45, 2.75) is 39.7 Å². The molecule has 0 bridgehead atoms. The molecule has 0 saturated heterocycles. The van der Waals surface area contributed by atoms with Gasteiger partial charge in [0.05, 0.1) is 6.10 Å². The third-order valence-corrected chi connectivity index (χ3v) is 4.04. The van der Waals surface area contributed by atoms with Crippen molar-refractivity contribution in [1.82, 2.24) is 0 Å². The zero-order chi connectivity index (χ0) is 16.7. The smallest absolute Gasteiger partial charge is 0.0830 e. The van der Waals surface area contributed by atoms with Crippen LogP contribution in [0.1, 0.15) is 38.3 Å². The number of rotatable bonds is 3. The topological polar surface area (TPSA) is 20.2 Å². The maximum atomic E-state index is 10.0. The average Bonchev–Trinajstić information content (AvgIpc) is 2.64. The number of allylic oxidation sites excluding steroid dienone is 2. The molecule has 0 saturated carbocycles. The maximum Gasteiger partial charge on any atom is 0.0830 e. The van der Waals surface area contributed by atoms with Crippen LogP contribution in [0.5, 0.6) is 0 Å². The molecule has 0 spiro atoms.